The van der Waals surface area contributed by atoms with Crippen LogP contribution in [0.4, 0.5) is 0 Å². The van der Waals surface area contributed by atoms with Crippen molar-refractivity contribution in [2.45, 2.75) is 58.3 Å². The van der Waals surface area contributed by atoms with E-state index in [0.29, 0.717) is 0 Å². The van der Waals surface area contributed by atoms with Crippen LogP contribution in [-0.2, 0) is 10.8 Å². The van der Waals surface area contributed by atoms with Gasteiger partial charge in [0.15, 0.2) is 0 Å². The van der Waals surface area contributed by atoms with E-state index in [0.717, 1.165) is 5.75 Å². The highest BCUT2D eigenvalue weighted by atomic mass is 16.5. The monoisotopic (exact) mass is 334 g/mol. The molecule has 0 saturated heterocycles. The van der Waals surface area contributed by atoms with Crippen molar-refractivity contribution in [3.63, 3.8) is 0 Å². The molecule has 0 atom stereocenters. The van der Waals surface area contributed by atoms with Gasteiger partial charge in [0, 0.05) is 5.56 Å². The van der Waals surface area contributed by atoms with Gasteiger partial charge in [0.05, 0.1) is 7.11 Å². The first kappa shape index (κ1) is 17.8. The fraction of sp³-hybridized carbons (Fsp3) is 0.417. The van der Waals surface area contributed by atoms with Gasteiger partial charge in [-0.2, -0.15) is 0 Å². The van der Waals surface area contributed by atoms with Crippen LogP contribution in [0.25, 0.3) is 11.6 Å². The first-order valence-electron chi connectivity index (χ1n) is 9.21. The third kappa shape index (κ3) is 3.38. The van der Waals surface area contributed by atoms with Gasteiger partial charge in [-0.3, -0.25) is 0 Å². The van der Waals surface area contributed by atoms with E-state index in [9.17, 15) is 0 Å². The van der Waals surface area contributed by atoms with Crippen molar-refractivity contribution in [3.05, 3.63) is 64.7 Å². The van der Waals surface area contributed by atoms with Crippen LogP contribution in [0, 0.1) is 0 Å². The highest BCUT2D eigenvalue weighted by Crippen LogP contribution is 2.48. The smallest absolute Gasteiger partial charge is 0.126 e. The summed E-state index contributed by atoms with van der Waals surface area (Å²) in [6, 6.07) is 15.2. The molecule has 132 valence electrons. The summed E-state index contributed by atoms with van der Waals surface area (Å²) in [5.41, 5.74) is 7.00. The minimum absolute atomic E-state index is 0.203. The topological polar surface area (TPSA) is 9.23 Å². The average molecular weight is 335 g/mol. The quantitative estimate of drug-likeness (QED) is 0.574. The zero-order valence-corrected chi connectivity index (χ0v) is 16.4. The minimum Gasteiger partial charge on any atom is -0.496 e. The summed E-state index contributed by atoms with van der Waals surface area (Å²) in [7, 11) is 1.78. The number of hydrogen-bond acceptors (Lipinski definition) is 1. The van der Waals surface area contributed by atoms with Crippen LogP contribution in [-0.4, -0.2) is 7.11 Å². The molecular weight excluding hydrogens is 304 g/mol. The van der Waals surface area contributed by atoms with Crippen LogP contribution in [0.3, 0.4) is 0 Å². The molecule has 0 unspecified atom stereocenters. The normalized spacial score (nSPS) is 18.6. The number of benzene rings is 2. The molecule has 0 bridgehead atoms. The Morgan fingerprint density at radius 2 is 1.48 bits per heavy atom. The molecule has 1 heteroatoms. The van der Waals surface area contributed by atoms with E-state index in [-0.39, 0.29) is 10.8 Å². The van der Waals surface area contributed by atoms with Crippen molar-refractivity contribution in [1.29, 1.82) is 0 Å². The van der Waals surface area contributed by atoms with Gasteiger partial charge in [0.25, 0.3) is 0 Å². The van der Waals surface area contributed by atoms with Gasteiger partial charge < -0.3 is 4.74 Å². The molecule has 0 heterocycles. The van der Waals surface area contributed by atoms with Gasteiger partial charge in [0.2, 0.25) is 0 Å². The Morgan fingerprint density at radius 3 is 2.04 bits per heavy atom. The van der Waals surface area contributed by atoms with Crippen molar-refractivity contribution in [3.8, 4) is 5.75 Å². The van der Waals surface area contributed by atoms with Crippen molar-refractivity contribution in [2.24, 2.45) is 0 Å². The van der Waals surface area contributed by atoms with E-state index in [4.69, 9.17) is 4.74 Å². The van der Waals surface area contributed by atoms with E-state index >= 15 is 0 Å². The largest absolute Gasteiger partial charge is 0.496 e. The average Bonchev–Trinajstić information content (AvgIpc) is 2.59. The Morgan fingerprint density at radius 1 is 0.920 bits per heavy atom. The van der Waals surface area contributed by atoms with Gasteiger partial charge in [-0.05, 0) is 71.1 Å². The van der Waals surface area contributed by atoms with Crippen LogP contribution in [0.2, 0.25) is 0 Å². The van der Waals surface area contributed by atoms with E-state index in [1.807, 2.05) is 0 Å². The summed E-state index contributed by atoms with van der Waals surface area (Å²) in [5.74, 6) is 0.972. The van der Waals surface area contributed by atoms with Crippen molar-refractivity contribution in [2.75, 3.05) is 7.11 Å². The molecule has 0 N–H and O–H groups in total. The lowest BCUT2D eigenvalue weighted by Crippen LogP contribution is -2.33. The lowest BCUT2D eigenvalue weighted by molar-refractivity contribution is 0.328. The van der Waals surface area contributed by atoms with Gasteiger partial charge in [-0.1, -0.05) is 58.0 Å². The maximum absolute atomic E-state index is 5.77. The molecule has 0 saturated carbocycles. The maximum atomic E-state index is 5.77. The lowest BCUT2D eigenvalue weighted by Gasteiger charge is -2.42. The van der Waals surface area contributed by atoms with Crippen molar-refractivity contribution < 1.29 is 4.74 Å². The second kappa shape index (κ2) is 6.37. The molecule has 3 rings (SSSR count). The molecule has 0 radical (unpaired) electrons. The summed E-state index contributed by atoms with van der Waals surface area (Å²) in [5, 5.41) is 0. The van der Waals surface area contributed by atoms with Gasteiger partial charge >= 0.3 is 0 Å². The first-order valence-corrected chi connectivity index (χ1v) is 9.21. The Kier molecular flexibility index (Phi) is 4.53. The Balaban J connectivity index is 2.15. The zero-order chi connectivity index (χ0) is 18.2. The van der Waals surface area contributed by atoms with E-state index < -0.39 is 0 Å². The molecule has 1 aliphatic carbocycles. The second-order valence-electron chi connectivity index (χ2n) is 8.60. The Bertz CT molecular complexity index is 794. The molecule has 25 heavy (non-hydrogen) atoms. The van der Waals surface area contributed by atoms with Crippen molar-refractivity contribution in [1.82, 2.24) is 0 Å². The third-order valence-electron chi connectivity index (χ3n) is 5.80. The highest BCUT2D eigenvalue weighted by Gasteiger charge is 2.37. The number of rotatable bonds is 3. The van der Waals surface area contributed by atoms with E-state index in [1.165, 1.54) is 40.7 Å². The number of ether oxygens (including phenoxy) is 1. The fourth-order valence-electron chi connectivity index (χ4n) is 3.92. The minimum atomic E-state index is 0.203. The van der Waals surface area contributed by atoms with Crippen LogP contribution in [0.5, 0.6) is 5.75 Å². The number of allylic oxidation sites excluding steroid dienone is 1. The Labute approximate surface area is 152 Å². The molecule has 1 aliphatic rings. The van der Waals surface area contributed by atoms with Gasteiger partial charge in [0.1, 0.15) is 5.75 Å². The maximum Gasteiger partial charge on any atom is 0.126 e. The number of methoxy groups -OCH3 is 1. The number of hydrogen-bond donors (Lipinski definition) is 0. The summed E-state index contributed by atoms with van der Waals surface area (Å²) in [6.07, 6.45) is 4.70. The van der Waals surface area contributed by atoms with Crippen LogP contribution in [0.1, 0.15) is 69.7 Å². The lowest BCUT2D eigenvalue weighted by atomic mass is 9.63. The Hall–Kier alpha value is -2.02. The molecule has 2 aromatic carbocycles. The standard InChI is InChI=1S/C24H30O/c1-17(18-10-8-7-9-11-18)14-19-15-20-21(16-22(19)25-6)24(4,5)13-12-23(20,2)3/h7-11,14-16H,12-13H2,1-6H3. The van der Waals surface area contributed by atoms with Crippen LogP contribution < -0.4 is 4.74 Å². The second-order valence-corrected chi connectivity index (χ2v) is 8.60. The molecule has 2 aromatic rings. The molecule has 0 fully saturated rings. The van der Waals surface area contributed by atoms with Gasteiger partial charge in [-0.15, -0.1) is 0 Å². The fourth-order valence-corrected chi connectivity index (χ4v) is 3.92. The van der Waals surface area contributed by atoms with Crippen LogP contribution >= 0.6 is 0 Å². The third-order valence-corrected chi connectivity index (χ3v) is 5.80. The summed E-state index contributed by atoms with van der Waals surface area (Å²) < 4.78 is 5.77. The molecule has 0 aliphatic heterocycles. The summed E-state index contributed by atoms with van der Waals surface area (Å²) in [6.45, 7) is 11.6. The molecule has 1 nitrogen and oxygen atoms in total. The van der Waals surface area contributed by atoms with E-state index in [1.54, 1.807) is 7.11 Å². The molecule has 0 spiro atoms. The predicted molar refractivity (Wildman–Crippen MR) is 108 cm³/mol. The summed E-state index contributed by atoms with van der Waals surface area (Å²) in [4.78, 5) is 0. The SMILES string of the molecule is COc1cc2c(cc1C=C(C)c1ccccc1)C(C)(C)CCC2(C)C. The predicted octanol–water partition coefficient (Wildman–Crippen LogP) is 6.60. The summed E-state index contributed by atoms with van der Waals surface area (Å²) >= 11 is 0. The molecule has 0 aromatic heterocycles. The van der Waals surface area contributed by atoms with Crippen molar-refractivity contribution >= 4 is 11.6 Å². The number of fused-ring (bicyclic) bond motifs is 1. The van der Waals surface area contributed by atoms with Crippen LogP contribution in [0.15, 0.2) is 42.5 Å². The van der Waals surface area contributed by atoms with E-state index in [2.05, 4.69) is 83.2 Å². The first-order chi connectivity index (χ1) is 11.7. The molecule has 0 amide bonds. The highest BCUT2D eigenvalue weighted by molar-refractivity contribution is 5.82. The van der Waals surface area contributed by atoms with Gasteiger partial charge in [-0.25, -0.2) is 0 Å². The molecular formula is C24H30O. The zero-order valence-electron chi connectivity index (χ0n) is 16.4.